The molecule has 0 unspecified atom stereocenters. The molecule has 0 N–H and O–H groups in total. The lowest BCUT2D eigenvalue weighted by Crippen LogP contribution is -2.40. The van der Waals surface area contributed by atoms with E-state index in [4.69, 9.17) is 14.0 Å². The standard InChI is InChI=1S/C19H24N2O6S/c1-14-18(15(2)27-20-14)13-26-19(22)8-5-16-3-6-17(7-4-16)28(23,24)21-9-11-25-12-10-21/h3-4,6-7H,5,8-13H2,1-2H3. The molecule has 0 atom stereocenters. The molecule has 0 bridgehead atoms. The first kappa shape index (κ1) is 20.5. The van der Waals surface area contributed by atoms with Crippen LogP contribution in [0, 0.1) is 13.8 Å². The zero-order chi connectivity index (χ0) is 20.1. The summed E-state index contributed by atoms with van der Waals surface area (Å²) in [4.78, 5) is 12.2. The van der Waals surface area contributed by atoms with Gasteiger partial charge < -0.3 is 14.0 Å². The first-order valence-corrected chi connectivity index (χ1v) is 10.6. The summed E-state index contributed by atoms with van der Waals surface area (Å²) < 4.78 is 42.1. The van der Waals surface area contributed by atoms with Crippen LogP contribution in [0.4, 0.5) is 0 Å². The van der Waals surface area contributed by atoms with Gasteiger partial charge in [0.2, 0.25) is 10.0 Å². The third kappa shape index (κ3) is 4.78. The van der Waals surface area contributed by atoms with Crippen LogP contribution in [-0.2, 0) is 37.3 Å². The summed E-state index contributed by atoms with van der Waals surface area (Å²) in [6.07, 6.45) is 0.678. The van der Waals surface area contributed by atoms with Crippen LogP contribution in [0.3, 0.4) is 0 Å². The van der Waals surface area contributed by atoms with Crippen LogP contribution in [0.25, 0.3) is 0 Å². The largest absolute Gasteiger partial charge is 0.461 e. The second-order valence-electron chi connectivity index (χ2n) is 6.62. The Morgan fingerprint density at radius 2 is 1.86 bits per heavy atom. The Balaban J connectivity index is 1.52. The molecule has 1 aliphatic rings. The molecule has 1 aliphatic heterocycles. The van der Waals surface area contributed by atoms with Gasteiger partial charge in [-0.1, -0.05) is 17.3 Å². The Labute approximate surface area is 164 Å². The van der Waals surface area contributed by atoms with Crippen molar-refractivity contribution in [2.75, 3.05) is 26.3 Å². The van der Waals surface area contributed by atoms with E-state index in [9.17, 15) is 13.2 Å². The number of carbonyl (C=O) groups is 1. The second-order valence-corrected chi connectivity index (χ2v) is 8.56. The number of carbonyl (C=O) groups excluding carboxylic acids is 1. The maximum atomic E-state index is 12.6. The van der Waals surface area contributed by atoms with E-state index in [1.165, 1.54) is 4.31 Å². The van der Waals surface area contributed by atoms with Gasteiger partial charge in [-0.15, -0.1) is 0 Å². The Kier molecular flexibility index (Phi) is 6.48. The third-order valence-corrected chi connectivity index (χ3v) is 6.62. The topological polar surface area (TPSA) is 98.9 Å². The molecule has 0 spiro atoms. The summed E-state index contributed by atoms with van der Waals surface area (Å²) in [5.41, 5.74) is 2.36. The highest BCUT2D eigenvalue weighted by atomic mass is 32.2. The summed E-state index contributed by atoms with van der Waals surface area (Å²) in [6.45, 7) is 5.25. The average Bonchev–Trinajstić information content (AvgIpc) is 3.03. The maximum Gasteiger partial charge on any atom is 0.306 e. The van der Waals surface area contributed by atoms with Crippen LogP contribution < -0.4 is 0 Å². The summed E-state index contributed by atoms with van der Waals surface area (Å²) in [7, 11) is -3.51. The Morgan fingerprint density at radius 1 is 1.18 bits per heavy atom. The smallest absolute Gasteiger partial charge is 0.306 e. The van der Waals surface area contributed by atoms with Gasteiger partial charge >= 0.3 is 5.97 Å². The molecule has 28 heavy (non-hydrogen) atoms. The number of morpholine rings is 1. The molecular weight excluding hydrogens is 384 g/mol. The van der Waals surface area contributed by atoms with Gasteiger partial charge in [-0.05, 0) is 38.0 Å². The number of aryl methyl sites for hydroxylation is 3. The molecule has 0 aliphatic carbocycles. The molecule has 2 heterocycles. The molecule has 1 saturated heterocycles. The van der Waals surface area contributed by atoms with Crippen molar-refractivity contribution in [3.63, 3.8) is 0 Å². The van der Waals surface area contributed by atoms with E-state index in [0.717, 1.165) is 11.1 Å². The van der Waals surface area contributed by atoms with Crippen LogP contribution in [0.2, 0.25) is 0 Å². The lowest BCUT2D eigenvalue weighted by molar-refractivity contribution is -0.144. The lowest BCUT2D eigenvalue weighted by atomic mass is 10.1. The van der Waals surface area contributed by atoms with E-state index in [1.807, 2.05) is 0 Å². The highest BCUT2D eigenvalue weighted by Crippen LogP contribution is 2.19. The van der Waals surface area contributed by atoms with Crippen molar-refractivity contribution >= 4 is 16.0 Å². The van der Waals surface area contributed by atoms with Gasteiger partial charge in [0.15, 0.2) is 0 Å². The monoisotopic (exact) mass is 408 g/mol. The van der Waals surface area contributed by atoms with Crippen molar-refractivity contribution in [2.24, 2.45) is 0 Å². The first-order chi connectivity index (χ1) is 13.4. The van der Waals surface area contributed by atoms with Gasteiger partial charge in [-0.3, -0.25) is 4.79 Å². The molecule has 0 saturated carbocycles. The zero-order valence-electron chi connectivity index (χ0n) is 16.0. The molecular formula is C19H24N2O6S. The number of sulfonamides is 1. The molecule has 152 valence electrons. The van der Waals surface area contributed by atoms with Crippen molar-refractivity contribution in [3.05, 3.63) is 46.8 Å². The highest BCUT2D eigenvalue weighted by molar-refractivity contribution is 7.89. The average molecular weight is 408 g/mol. The van der Waals surface area contributed by atoms with Crippen molar-refractivity contribution in [3.8, 4) is 0 Å². The van der Waals surface area contributed by atoms with Crippen molar-refractivity contribution in [1.82, 2.24) is 9.46 Å². The normalized spacial score (nSPS) is 15.5. The number of rotatable bonds is 7. The van der Waals surface area contributed by atoms with Gasteiger partial charge in [-0.25, -0.2) is 8.42 Å². The van der Waals surface area contributed by atoms with Gasteiger partial charge in [0.1, 0.15) is 12.4 Å². The SMILES string of the molecule is Cc1noc(C)c1COC(=O)CCc1ccc(S(=O)(=O)N2CCOCC2)cc1. The number of hydrogen-bond donors (Lipinski definition) is 0. The molecule has 3 rings (SSSR count). The summed E-state index contributed by atoms with van der Waals surface area (Å²) in [5, 5.41) is 3.82. The molecule has 9 heteroatoms. The third-order valence-electron chi connectivity index (χ3n) is 4.71. The Bertz CT molecular complexity index is 895. The van der Waals surface area contributed by atoms with Gasteiger partial charge in [0, 0.05) is 19.5 Å². The van der Waals surface area contributed by atoms with Crippen LogP contribution in [0.5, 0.6) is 0 Å². The quantitative estimate of drug-likeness (QED) is 0.646. The zero-order valence-corrected chi connectivity index (χ0v) is 16.8. The van der Waals surface area contributed by atoms with Crippen molar-refractivity contribution in [2.45, 2.75) is 38.2 Å². The van der Waals surface area contributed by atoms with Crippen LogP contribution in [0.1, 0.15) is 29.0 Å². The lowest BCUT2D eigenvalue weighted by Gasteiger charge is -2.26. The minimum atomic E-state index is -3.51. The minimum Gasteiger partial charge on any atom is -0.461 e. The maximum absolute atomic E-state index is 12.6. The van der Waals surface area contributed by atoms with Crippen LogP contribution in [-0.4, -0.2) is 50.2 Å². The Morgan fingerprint density at radius 3 is 2.46 bits per heavy atom. The van der Waals surface area contributed by atoms with Crippen LogP contribution in [0.15, 0.2) is 33.7 Å². The van der Waals surface area contributed by atoms with E-state index in [1.54, 1.807) is 38.1 Å². The molecule has 1 aromatic heterocycles. The summed E-state index contributed by atoms with van der Waals surface area (Å²) in [5.74, 6) is 0.312. The second kappa shape index (κ2) is 8.85. The number of ether oxygens (including phenoxy) is 2. The Hall–Kier alpha value is -2.23. The van der Waals surface area contributed by atoms with E-state index in [2.05, 4.69) is 5.16 Å². The van der Waals surface area contributed by atoms with Gasteiger partial charge in [0.05, 0.1) is 29.4 Å². The molecule has 0 amide bonds. The number of hydrogen-bond acceptors (Lipinski definition) is 7. The number of esters is 1. The molecule has 2 aromatic rings. The predicted octanol–water partition coefficient (Wildman–Crippen LogP) is 1.99. The number of benzene rings is 1. The van der Waals surface area contributed by atoms with E-state index in [-0.39, 0.29) is 23.9 Å². The predicted molar refractivity (Wildman–Crippen MR) is 100 cm³/mol. The molecule has 8 nitrogen and oxygen atoms in total. The van der Waals surface area contributed by atoms with E-state index >= 15 is 0 Å². The molecule has 1 fully saturated rings. The van der Waals surface area contributed by atoms with E-state index < -0.39 is 10.0 Å². The fourth-order valence-corrected chi connectivity index (χ4v) is 4.35. The van der Waals surface area contributed by atoms with Gasteiger partial charge in [0.25, 0.3) is 0 Å². The fraction of sp³-hybridized carbons (Fsp3) is 0.474. The van der Waals surface area contributed by atoms with Crippen molar-refractivity contribution < 1.29 is 27.2 Å². The molecule has 1 aromatic carbocycles. The van der Waals surface area contributed by atoms with Crippen molar-refractivity contribution in [1.29, 1.82) is 0 Å². The number of aromatic nitrogens is 1. The molecule has 0 radical (unpaired) electrons. The minimum absolute atomic E-state index is 0.136. The number of nitrogens with zero attached hydrogens (tertiary/aromatic N) is 2. The van der Waals surface area contributed by atoms with Gasteiger partial charge in [-0.2, -0.15) is 4.31 Å². The summed E-state index contributed by atoms with van der Waals surface area (Å²) in [6, 6.07) is 6.62. The summed E-state index contributed by atoms with van der Waals surface area (Å²) >= 11 is 0. The first-order valence-electron chi connectivity index (χ1n) is 9.12. The van der Waals surface area contributed by atoms with E-state index in [0.29, 0.717) is 44.2 Å². The highest BCUT2D eigenvalue weighted by Gasteiger charge is 2.26. The fourth-order valence-electron chi connectivity index (χ4n) is 2.94. The van der Waals surface area contributed by atoms with Crippen LogP contribution >= 0.6 is 0 Å².